The Morgan fingerprint density at radius 1 is 0.966 bits per heavy atom. The molecule has 4 rings (SSSR count). The van der Waals surface area contributed by atoms with Crippen molar-refractivity contribution in [2.45, 2.75) is 35.6 Å². The Bertz CT molecular complexity index is 1240. The Morgan fingerprint density at radius 2 is 1.66 bits per heavy atom. The summed E-state index contributed by atoms with van der Waals surface area (Å²) in [5.74, 6) is 0. The van der Waals surface area contributed by atoms with Gasteiger partial charge in [-0.05, 0) is 43.5 Å². The van der Waals surface area contributed by atoms with Crippen LogP contribution in [0.3, 0.4) is 0 Å². The van der Waals surface area contributed by atoms with E-state index in [2.05, 4.69) is 4.72 Å². The maximum atomic E-state index is 13.2. The lowest BCUT2D eigenvalue weighted by Crippen LogP contribution is -2.38. The molecule has 0 spiro atoms. The van der Waals surface area contributed by atoms with Crippen LogP contribution in [0.1, 0.15) is 18.4 Å². The van der Waals surface area contributed by atoms with Gasteiger partial charge in [0.25, 0.3) is 10.0 Å². The molecule has 154 valence electrons. The van der Waals surface area contributed by atoms with Crippen LogP contribution in [0, 0.1) is 6.92 Å². The van der Waals surface area contributed by atoms with Gasteiger partial charge in [0.2, 0.25) is 10.0 Å². The number of fused-ring (bicyclic) bond motifs is 1. The van der Waals surface area contributed by atoms with E-state index >= 15 is 0 Å². The summed E-state index contributed by atoms with van der Waals surface area (Å²) in [4.78, 5) is 0.0661. The number of nitrogens with zero attached hydrogens (tertiary/aromatic N) is 1. The molecule has 1 N–H and O–H groups in total. The minimum absolute atomic E-state index is 0.0309. The number of hydrogen-bond donors (Lipinski definition) is 1. The van der Waals surface area contributed by atoms with Crippen molar-refractivity contribution < 1.29 is 21.6 Å². The zero-order valence-corrected chi connectivity index (χ0v) is 17.5. The van der Waals surface area contributed by atoms with E-state index in [0.29, 0.717) is 42.5 Å². The highest BCUT2D eigenvalue weighted by Crippen LogP contribution is 2.31. The van der Waals surface area contributed by atoms with Crippen LogP contribution >= 0.6 is 0 Å². The number of hydrogen-bond acceptors (Lipinski definition) is 5. The van der Waals surface area contributed by atoms with Crippen molar-refractivity contribution in [3.8, 4) is 0 Å². The van der Waals surface area contributed by atoms with Crippen LogP contribution in [-0.2, 0) is 24.8 Å². The zero-order valence-electron chi connectivity index (χ0n) is 15.9. The SMILES string of the molecule is Cc1cccc2c1c(S(=O)(=O)NC1CCOCC1)cn2S(=O)(=O)c1ccccc1. The molecule has 1 fully saturated rings. The molecule has 0 atom stereocenters. The maximum Gasteiger partial charge on any atom is 0.268 e. The molecule has 29 heavy (non-hydrogen) atoms. The molecule has 0 radical (unpaired) electrons. The zero-order chi connectivity index (χ0) is 20.6. The van der Waals surface area contributed by atoms with E-state index in [-0.39, 0.29) is 15.8 Å². The van der Waals surface area contributed by atoms with Crippen LogP contribution in [0.5, 0.6) is 0 Å². The van der Waals surface area contributed by atoms with Gasteiger partial charge in [-0.3, -0.25) is 0 Å². The number of ether oxygens (including phenoxy) is 1. The highest BCUT2D eigenvalue weighted by Gasteiger charge is 2.29. The summed E-state index contributed by atoms with van der Waals surface area (Å²) in [6, 6.07) is 12.9. The molecule has 0 bridgehead atoms. The topological polar surface area (TPSA) is 94.5 Å². The van der Waals surface area contributed by atoms with Gasteiger partial charge in [0.05, 0.1) is 10.4 Å². The summed E-state index contributed by atoms with van der Waals surface area (Å²) in [6.45, 7) is 2.77. The third-order valence-electron chi connectivity index (χ3n) is 5.10. The molecule has 0 amide bonds. The molecule has 0 saturated carbocycles. The molecule has 1 aliphatic heterocycles. The highest BCUT2D eigenvalue weighted by molar-refractivity contribution is 7.91. The Labute approximate surface area is 170 Å². The first-order valence-corrected chi connectivity index (χ1v) is 12.2. The van der Waals surface area contributed by atoms with Crippen molar-refractivity contribution in [3.05, 3.63) is 60.3 Å². The average molecular weight is 435 g/mol. The van der Waals surface area contributed by atoms with Gasteiger partial charge in [0.1, 0.15) is 4.90 Å². The Morgan fingerprint density at radius 3 is 2.34 bits per heavy atom. The molecule has 1 aliphatic rings. The summed E-state index contributed by atoms with van der Waals surface area (Å²) >= 11 is 0. The van der Waals surface area contributed by atoms with Gasteiger partial charge >= 0.3 is 0 Å². The van der Waals surface area contributed by atoms with E-state index in [1.807, 2.05) is 0 Å². The van der Waals surface area contributed by atoms with Crippen molar-refractivity contribution in [3.63, 3.8) is 0 Å². The molecule has 2 aromatic carbocycles. The maximum absolute atomic E-state index is 13.2. The molecule has 0 unspecified atom stereocenters. The standard InChI is InChI=1S/C20H22N2O5S2/c1-15-6-5-9-18-20(15)19(28(23,24)21-16-10-12-27-13-11-16)14-22(18)29(25,26)17-7-3-2-4-8-17/h2-9,14,16,21H,10-13H2,1H3. The van der Waals surface area contributed by atoms with Gasteiger partial charge in [0, 0.05) is 30.8 Å². The lowest BCUT2D eigenvalue weighted by Gasteiger charge is -2.22. The molecule has 2 heterocycles. The van der Waals surface area contributed by atoms with E-state index in [4.69, 9.17) is 4.74 Å². The summed E-state index contributed by atoms with van der Waals surface area (Å²) < 4.78 is 61.9. The van der Waals surface area contributed by atoms with Crippen LogP contribution in [0.4, 0.5) is 0 Å². The number of aromatic nitrogens is 1. The van der Waals surface area contributed by atoms with E-state index in [1.165, 1.54) is 18.3 Å². The van der Waals surface area contributed by atoms with Gasteiger partial charge in [-0.2, -0.15) is 0 Å². The number of rotatable bonds is 5. The number of sulfonamides is 1. The van der Waals surface area contributed by atoms with Crippen molar-refractivity contribution in [2.75, 3.05) is 13.2 Å². The molecule has 7 nitrogen and oxygen atoms in total. The van der Waals surface area contributed by atoms with Crippen molar-refractivity contribution in [2.24, 2.45) is 0 Å². The van der Waals surface area contributed by atoms with Gasteiger partial charge < -0.3 is 4.74 Å². The third kappa shape index (κ3) is 3.71. The molecular formula is C20H22N2O5S2. The first-order valence-electron chi connectivity index (χ1n) is 9.32. The van der Waals surface area contributed by atoms with E-state index in [0.717, 1.165) is 3.97 Å². The molecule has 1 saturated heterocycles. The van der Waals surface area contributed by atoms with E-state index < -0.39 is 20.0 Å². The van der Waals surface area contributed by atoms with E-state index in [9.17, 15) is 16.8 Å². The minimum Gasteiger partial charge on any atom is -0.381 e. The Balaban J connectivity index is 1.88. The fraction of sp³-hybridized carbons (Fsp3) is 0.300. The predicted molar refractivity (Wildman–Crippen MR) is 110 cm³/mol. The monoisotopic (exact) mass is 434 g/mol. The first-order chi connectivity index (χ1) is 13.8. The van der Waals surface area contributed by atoms with Crippen LogP contribution in [0.25, 0.3) is 10.9 Å². The average Bonchev–Trinajstić information content (AvgIpc) is 3.12. The first kappa shape index (κ1) is 20.1. The molecule has 1 aromatic heterocycles. The molecular weight excluding hydrogens is 412 g/mol. The Hall–Kier alpha value is -2.20. The van der Waals surface area contributed by atoms with Crippen LogP contribution in [0.15, 0.2) is 64.5 Å². The summed E-state index contributed by atoms with van der Waals surface area (Å²) in [7, 11) is -7.87. The quantitative estimate of drug-likeness (QED) is 0.666. The smallest absolute Gasteiger partial charge is 0.268 e. The van der Waals surface area contributed by atoms with Gasteiger partial charge in [0.15, 0.2) is 0 Å². The third-order valence-corrected chi connectivity index (χ3v) is 8.32. The second kappa shape index (κ2) is 7.56. The van der Waals surface area contributed by atoms with Crippen molar-refractivity contribution in [1.29, 1.82) is 0 Å². The number of aryl methyl sites for hydroxylation is 1. The highest BCUT2D eigenvalue weighted by atomic mass is 32.2. The summed E-state index contributed by atoms with van der Waals surface area (Å²) in [5, 5.41) is 0.409. The summed E-state index contributed by atoms with van der Waals surface area (Å²) in [5.41, 5.74) is 1.03. The van der Waals surface area contributed by atoms with Crippen LogP contribution < -0.4 is 4.72 Å². The van der Waals surface area contributed by atoms with Crippen molar-refractivity contribution >= 4 is 30.9 Å². The van der Waals surface area contributed by atoms with Crippen LogP contribution in [-0.4, -0.2) is 40.1 Å². The molecule has 0 aliphatic carbocycles. The normalized spacial score (nSPS) is 16.3. The second-order valence-electron chi connectivity index (χ2n) is 7.08. The predicted octanol–water partition coefficient (Wildman–Crippen LogP) is 2.64. The van der Waals surface area contributed by atoms with Gasteiger partial charge in [-0.1, -0.05) is 30.3 Å². The second-order valence-corrected chi connectivity index (χ2v) is 10.6. The lowest BCUT2D eigenvalue weighted by molar-refractivity contribution is 0.0832. The Kier molecular flexibility index (Phi) is 5.24. The van der Waals surface area contributed by atoms with Gasteiger partial charge in [-0.25, -0.2) is 25.5 Å². The lowest BCUT2D eigenvalue weighted by atomic mass is 10.1. The fourth-order valence-electron chi connectivity index (χ4n) is 3.60. The number of nitrogens with one attached hydrogen (secondary N) is 1. The van der Waals surface area contributed by atoms with Crippen molar-refractivity contribution in [1.82, 2.24) is 8.69 Å². The fourth-order valence-corrected chi connectivity index (χ4v) is 6.63. The van der Waals surface area contributed by atoms with Gasteiger partial charge in [-0.15, -0.1) is 0 Å². The summed E-state index contributed by atoms with van der Waals surface area (Å²) in [6.07, 6.45) is 2.37. The minimum atomic E-state index is -3.95. The molecule has 3 aromatic rings. The molecule has 9 heteroatoms. The van der Waals surface area contributed by atoms with E-state index in [1.54, 1.807) is 43.3 Å². The number of benzene rings is 2. The van der Waals surface area contributed by atoms with Crippen LogP contribution in [0.2, 0.25) is 0 Å². The largest absolute Gasteiger partial charge is 0.381 e.